The molecule has 0 bridgehead atoms. The zero-order valence-corrected chi connectivity index (χ0v) is 11.6. The molecule has 8 heteroatoms. The Kier molecular flexibility index (Phi) is 37.8. The average molecular weight is 370 g/mol. The number of hydrogen-bond acceptors (Lipinski definition) is 0. The molecule has 0 aromatic rings. The third-order valence-corrected chi connectivity index (χ3v) is 0. The van der Waals surface area contributed by atoms with Gasteiger partial charge in [0.25, 0.3) is 0 Å². The monoisotopic (exact) mass is 371 g/mol. The van der Waals surface area contributed by atoms with E-state index in [4.69, 9.17) is 0 Å². The summed E-state index contributed by atoms with van der Waals surface area (Å²) in [4.78, 5) is 0. The zero-order chi connectivity index (χ0) is 6.28. The molecular formula is FeNiP5Ru. The standard InChI is InChI=1S/Fe.Ni.5P.Ru. The van der Waals surface area contributed by atoms with Gasteiger partial charge in [-0.25, -0.2) is 0 Å². The Balaban J connectivity index is -0.0000000575. The van der Waals surface area contributed by atoms with E-state index in [1.54, 1.807) is 0 Å². The molecule has 0 saturated carbocycles. The first-order valence-corrected chi connectivity index (χ1v) is 9.37. The molecule has 0 amide bonds. The van der Waals surface area contributed by atoms with Crippen molar-refractivity contribution in [1.29, 1.82) is 0 Å². The summed E-state index contributed by atoms with van der Waals surface area (Å²) in [5, 5.41) is 0. The summed E-state index contributed by atoms with van der Waals surface area (Å²) >= 11 is 1.01. The Bertz CT molecular complexity index is 390. The third-order valence-electron chi connectivity index (χ3n) is 0. The molecule has 0 rings (SSSR count). The van der Waals surface area contributed by atoms with E-state index >= 15 is 0 Å². The summed E-state index contributed by atoms with van der Waals surface area (Å²) in [5.41, 5.74) is 0. The van der Waals surface area contributed by atoms with Gasteiger partial charge in [0.05, 0.1) is 0 Å². The van der Waals surface area contributed by atoms with Gasteiger partial charge in [-0.05, 0) is 0 Å². The van der Waals surface area contributed by atoms with Crippen molar-refractivity contribution < 1.29 is 42.2 Å². The molecular weight excluding hydrogens is 370 g/mol. The predicted molar refractivity (Wildman–Crippen MR) is 34.6 cm³/mol. The van der Waals surface area contributed by atoms with Crippen molar-refractivity contribution >= 4 is 36.5 Å². The van der Waals surface area contributed by atoms with E-state index in [0.29, 0.717) is 0 Å². The maximum absolute atomic E-state index is 3.78. The Hall–Kier alpha value is 3.79. The molecule has 0 aromatic heterocycles. The van der Waals surface area contributed by atoms with E-state index in [9.17, 15) is 0 Å². The topological polar surface area (TPSA) is 0 Å². The summed E-state index contributed by atoms with van der Waals surface area (Å²) in [6, 6.07) is 0. The van der Waals surface area contributed by atoms with Gasteiger partial charge in [0.2, 0.25) is 0 Å². The van der Waals surface area contributed by atoms with Crippen LogP contribution in [-0.2, 0) is 42.2 Å². The van der Waals surface area contributed by atoms with Crippen LogP contribution in [0.15, 0.2) is 0 Å². The van der Waals surface area contributed by atoms with Crippen LogP contribution in [0.4, 0.5) is 0 Å². The first-order chi connectivity index (χ1) is 3.15. The zero-order valence-electron chi connectivity index (χ0n) is 3.26. The summed E-state index contributed by atoms with van der Waals surface area (Å²) in [6.07, 6.45) is 0. The van der Waals surface area contributed by atoms with Crippen LogP contribution in [0, 0.1) is 0 Å². The van der Waals surface area contributed by atoms with Crippen molar-refractivity contribution in [1.82, 2.24) is 0 Å². The summed E-state index contributed by atoms with van der Waals surface area (Å²) in [5.74, 6) is 0. The van der Waals surface area contributed by atoms with Crippen molar-refractivity contribution in [3.8, 4) is 0 Å². The van der Waals surface area contributed by atoms with Gasteiger partial charge in [-0.1, -0.05) is 0 Å². The van der Waals surface area contributed by atoms with Gasteiger partial charge in [0.15, 0.2) is 0 Å². The van der Waals surface area contributed by atoms with Gasteiger partial charge >= 0.3 is 59.3 Å². The van der Waals surface area contributed by atoms with Gasteiger partial charge in [-0.3, -0.25) is 0 Å². The van der Waals surface area contributed by atoms with Crippen LogP contribution < -0.4 is 0 Å². The van der Waals surface area contributed by atoms with Crippen molar-refractivity contribution in [3.05, 3.63) is 0 Å². The second-order valence-corrected chi connectivity index (χ2v) is 10.2. The molecule has 0 aliphatic carbocycles. The summed E-state index contributed by atoms with van der Waals surface area (Å²) in [6.45, 7) is 0. The molecule has 0 aromatic carbocycles. The molecule has 0 aliphatic heterocycles. The molecule has 0 aliphatic rings. The Morgan fingerprint density at radius 1 is 1.00 bits per heavy atom. The van der Waals surface area contributed by atoms with Gasteiger partial charge in [0, 0.05) is 19.5 Å². The summed E-state index contributed by atoms with van der Waals surface area (Å²) < 4.78 is 0. The van der Waals surface area contributed by atoms with Gasteiger partial charge < -0.3 is 0 Å². The minimum absolute atomic E-state index is 0. The SMILES string of the molecule is [P]#[Fe](#[P])#[P].[P]#[Ni]#[P].[Ru]. The maximum atomic E-state index is 3.78. The molecule has 0 spiro atoms. The third kappa shape index (κ3) is 52.7. The van der Waals surface area contributed by atoms with E-state index in [-0.39, 0.29) is 19.5 Å². The molecule has 0 heterocycles. The predicted octanol–water partition coefficient (Wildman–Crippen LogP) is 4.30. The van der Waals surface area contributed by atoms with E-state index in [2.05, 4.69) is 36.5 Å². The first kappa shape index (κ1) is 17.8. The van der Waals surface area contributed by atoms with Crippen LogP contribution in [-0.4, -0.2) is 0 Å². The van der Waals surface area contributed by atoms with Crippen molar-refractivity contribution in [3.63, 3.8) is 0 Å². The normalized spacial score (nSPS) is 4.38. The molecule has 0 unspecified atom stereocenters. The fourth-order valence-electron chi connectivity index (χ4n) is 0. The maximum Gasteiger partial charge on any atom is 0 e. The molecule has 0 fully saturated rings. The van der Waals surface area contributed by atoms with Crippen LogP contribution in [0.2, 0.25) is 0 Å². The van der Waals surface area contributed by atoms with Crippen LogP contribution in [0.25, 0.3) is 0 Å². The molecule has 0 N–H and O–H groups in total. The molecule has 51 valence electrons. The van der Waals surface area contributed by atoms with E-state index in [1.807, 2.05) is 0 Å². The Morgan fingerprint density at radius 2 is 1.00 bits per heavy atom. The number of rotatable bonds is 0. The van der Waals surface area contributed by atoms with Crippen LogP contribution >= 0.6 is 36.5 Å². The van der Waals surface area contributed by atoms with Crippen molar-refractivity contribution in [2.75, 3.05) is 0 Å². The van der Waals surface area contributed by atoms with Crippen molar-refractivity contribution in [2.24, 2.45) is 0 Å². The van der Waals surface area contributed by atoms with Crippen LogP contribution in [0.1, 0.15) is 0 Å². The molecule has 8 heavy (non-hydrogen) atoms. The second-order valence-electron chi connectivity index (χ2n) is 0.275. The average Bonchev–Trinajstić information content (AvgIpc) is 1.33. The van der Waals surface area contributed by atoms with Gasteiger partial charge in [-0.15, -0.1) is 0 Å². The van der Waals surface area contributed by atoms with Gasteiger partial charge in [0.1, 0.15) is 0 Å². The second kappa shape index (κ2) is 17.0. The molecule has 0 saturated heterocycles. The fourth-order valence-corrected chi connectivity index (χ4v) is 0. The molecule has 0 nitrogen and oxygen atoms in total. The van der Waals surface area contributed by atoms with Crippen LogP contribution in [0.5, 0.6) is 0 Å². The van der Waals surface area contributed by atoms with E-state index < -0.39 is 10.5 Å². The fraction of sp³-hybridized carbons (Fsp3) is 0. The minimum Gasteiger partial charge on any atom is 0 e. The number of hydrogen-bond donors (Lipinski definition) is 0. The minimum atomic E-state index is -0.667. The molecule has 0 atom stereocenters. The Labute approximate surface area is 77.9 Å². The van der Waals surface area contributed by atoms with Gasteiger partial charge in [-0.2, -0.15) is 0 Å². The van der Waals surface area contributed by atoms with Crippen molar-refractivity contribution in [2.45, 2.75) is 0 Å². The van der Waals surface area contributed by atoms with Crippen LogP contribution in [0.3, 0.4) is 0 Å². The van der Waals surface area contributed by atoms with E-state index in [1.165, 1.54) is 0 Å². The molecule has 0 radical (unpaired) electrons. The summed E-state index contributed by atoms with van der Waals surface area (Å²) in [7, 11) is 17.8. The first-order valence-electron chi connectivity index (χ1n) is 0.757. The largest absolute Gasteiger partial charge is 0 e. The quantitative estimate of drug-likeness (QED) is 0.441. The van der Waals surface area contributed by atoms with E-state index in [0.717, 1.165) is 12.2 Å². The Morgan fingerprint density at radius 3 is 1.00 bits per heavy atom. The smallest absolute Gasteiger partial charge is 0 e.